The second-order valence-corrected chi connectivity index (χ2v) is 5.42. The first-order valence-corrected chi connectivity index (χ1v) is 7.51. The minimum atomic E-state index is -4.81. The zero-order valence-corrected chi connectivity index (χ0v) is 13.4. The summed E-state index contributed by atoms with van der Waals surface area (Å²) in [5.74, 6) is -1.10. The van der Waals surface area contributed by atoms with Crippen LogP contribution in [0.15, 0.2) is 60.4 Å². The molecule has 0 aromatic heterocycles. The zero-order chi connectivity index (χ0) is 19.6. The van der Waals surface area contributed by atoms with Crippen molar-refractivity contribution in [3.63, 3.8) is 0 Å². The summed E-state index contributed by atoms with van der Waals surface area (Å²) >= 11 is 0. The highest BCUT2D eigenvalue weighted by molar-refractivity contribution is 5.94. The summed E-state index contributed by atoms with van der Waals surface area (Å²) in [6, 6.07) is 10.9. The predicted octanol–water partition coefficient (Wildman–Crippen LogP) is 4.03. The molecule has 0 unspecified atom stereocenters. The number of carbonyl (C=O) groups is 1. The van der Waals surface area contributed by atoms with E-state index in [1.807, 2.05) is 0 Å². The molecular weight excluding hydrogens is 369 g/mol. The van der Waals surface area contributed by atoms with Gasteiger partial charge in [0.15, 0.2) is 0 Å². The molecule has 10 heteroatoms. The maximum absolute atomic E-state index is 12.1. The SMILES string of the molecule is O=C1O[C@@H](/C(=C\Nc2ccc(OC(F)(F)F)cc2)[N+](=O)[O-])c2ccccc21. The van der Waals surface area contributed by atoms with Crippen molar-refractivity contribution in [1.82, 2.24) is 0 Å². The van der Waals surface area contributed by atoms with Gasteiger partial charge in [-0.05, 0) is 30.3 Å². The van der Waals surface area contributed by atoms with Crippen LogP contribution in [0.25, 0.3) is 0 Å². The van der Waals surface area contributed by atoms with Crippen LogP contribution in [0.3, 0.4) is 0 Å². The van der Waals surface area contributed by atoms with Crippen LogP contribution in [0.2, 0.25) is 0 Å². The van der Waals surface area contributed by atoms with Gasteiger partial charge < -0.3 is 14.8 Å². The third kappa shape index (κ3) is 4.17. The van der Waals surface area contributed by atoms with E-state index in [1.54, 1.807) is 18.2 Å². The van der Waals surface area contributed by atoms with Crippen LogP contribution in [0.1, 0.15) is 22.0 Å². The number of halogens is 3. The molecule has 0 spiro atoms. The number of esters is 1. The van der Waals surface area contributed by atoms with E-state index in [4.69, 9.17) is 4.74 Å². The Balaban J connectivity index is 1.80. The number of hydrogen-bond acceptors (Lipinski definition) is 6. The average Bonchev–Trinajstić information content (AvgIpc) is 2.92. The number of alkyl halides is 3. The van der Waals surface area contributed by atoms with Gasteiger partial charge in [-0.2, -0.15) is 0 Å². The molecule has 7 nitrogen and oxygen atoms in total. The molecule has 1 aliphatic heterocycles. The lowest BCUT2D eigenvalue weighted by Gasteiger charge is -2.10. The molecule has 2 aromatic carbocycles. The molecule has 27 heavy (non-hydrogen) atoms. The van der Waals surface area contributed by atoms with Gasteiger partial charge in [0.2, 0.25) is 6.10 Å². The van der Waals surface area contributed by atoms with Crippen molar-refractivity contribution in [3.05, 3.63) is 81.7 Å². The molecule has 1 aliphatic rings. The lowest BCUT2D eigenvalue weighted by molar-refractivity contribution is -0.436. The van der Waals surface area contributed by atoms with Crippen LogP contribution < -0.4 is 10.1 Å². The largest absolute Gasteiger partial charge is 0.573 e. The van der Waals surface area contributed by atoms with Gasteiger partial charge in [0.1, 0.15) is 5.75 Å². The van der Waals surface area contributed by atoms with E-state index < -0.39 is 34.8 Å². The van der Waals surface area contributed by atoms with Crippen molar-refractivity contribution >= 4 is 11.7 Å². The first kappa shape index (κ1) is 18.2. The van der Waals surface area contributed by atoms with Crippen molar-refractivity contribution < 1.29 is 32.4 Å². The number of nitrogens with one attached hydrogen (secondary N) is 1. The number of anilines is 1. The number of ether oxygens (including phenoxy) is 2. The second kappa shape index (κ2) is 6.98. The van der Waals surface area contributed by atoms with Crippen LogP contribution in [0.4, 0.5) is 18.9 Å². The lowest BCUT2D eigenvalue weighted by Crippen LogP contribution is -2.17. The van der Waals surface area contributed by atoms with Crippen LogP contribution in [-0.2, 0) is 4.74 Å². The summed E-state index contributed by atoms with van der Waals surface area (Å²) in [4.78, 5) is 22.5. The monoisotopic (exact) mass is 380 g/mol. The van der Waals surface area contributed by atoms with E-state index in [-0.39, 0.29) is 11.3 Å². The van der Waals surface area contributed by atoms with Crippen LogP contribution in [0.5, 0.6) is 5.75 Å². The smallest absolute Gasteiger partial charge is 0.442 e. The van der Waals surface area contributed by atoms with Crippen LogP contribution in [-0.4, -0.2) is 17.3 Å². The molecular formula is C17H11F3N2O5. The van der Waals surface area contributed by atoms with Gasteiger partial charge in [0.25, 0.3) is 0 Å². The molecule has 140 valence electrons. The molecule has 1 heterocycles. The minimum Gasteiger partial charge on any atom is -0.442 e. The fraction of sp³-hybridized carbons (Fsp3) is 0.118. The second-order valence-electron chi connectivity index (χ2n) is 5.42. The van der Waals surface area contributed by atoms with E-state index in [0.29, 0.717) is 5.56 Å². The highest BCUT2D eigenvalue weighted by Crippen LogP contribution is 2.36. The summed E-state index contributed by atoms with van der Waals surface area (Å²) < 4.78 is 45.3. The van der Waals surface area contributed by atoms with Crippen molar-refractivity contribution in [2.45, 2.75) is 12.5 Å². The number of carbonyl (C=O) groups excluding carboxylic acids is 1. The Bertz CT molecular complexity index is 910. The first-order chi connectivity index (χ1) is 12.7. The van der Waals surface area contributed by atoms with Gasteiger partial charge in [-0.15, -0.1) is 13.2 Å². The third-order valence-corrected chi connectivity index (χ3v) is 3.64. The summed E-state index contributed by atoms with van der Waals surface area (Å²) in [6.07, 6.45) is -4.98. The number of fused-ring (bicyclic) bond motifs is 1. The van der Waals surface area contributed by atoms with Crippen molar-refractivity contribution in [2.75, 3.05) is 5.32 Å². The third-order valence-electron chi connectivity index (χ3n) is 3.64. The Morgan fingerprint density at radius 2 is 1.85 bits per heavy atom. The average molecular weight is 380 g/mol. The summed E-state index contributed by atoms with van der Waals surface area (Å²) in [7, 11) is 0. The number of benzene rings is 2. The van der Waals surface area contributed by atoms with E-state index in [0.717, 1.165) is 18.3 Å². The standard InChI is InChI=1S/C17H11F3N2O5/c18-17(19,20)27-11-7-5-10(6-8-11)21-9-14(22(24)25)15-12-3-1-2-4-13(12)16(23)26-15/h1-9,15,21H/b14-9+/t15-/m1/s1. The number of nitrogens with zero attached hydrogens (tertiary/aromatic N) is 1. The Morgan fingerprint density at radius 1 is 1.19 bits per heavy atom. The predicted molar refractivity (Wildman–Crippen MR) is 86.4 cm³/mol. The van der Waals surface area contributed by atoms with Crippen molar-refractivity contribution in [2.24, 2.45) is 0 Å². The fourth-order valence-electron chi connectivity index (χ4n) is 2.50. The minimum absolute atomic E-state index is 0.240. The molecule has 0 radical (unpaired) electrons. The van der Waals surface area contributed by atoms with Crippen molar-refractivity contribution in [3.8, 4) is 5.75 Å². The molecule has 1 N–H and O–H groups in total. The number of rotatable bonds is 5. The highest BCUT2D eigenvalue weighted by Gasteiger charge is 2.39. The van der Waals surface area contributed by atoms with Gasteiger partial charge in [-0.1, -0.05) is 18.2 Å². The Morgan fingerprint density at radius 3 is 2.48 bits per heavy atom. The Labute approximate surface area is 150 Å². The molecule has 2 aromatic rings. The normalized spacial score (nSPS) is 16.5. The van der Waals surface area contributed by atoms with Gasteiger partial charge in [-0.25, -0.2) is 4.79 Å². The van der Waals surface area contributed by atoms with Gasteiger partial charge >= 0.3 is 18.0 Å². The molecule has 3 rings (SSSR count). The molecule has 0 aliphatic carbocycles. The van der Waals surface area contributed by atoms with Crippen molar-refractivity contribution in [1.29, 1.82) is 0 Å². The maximum atomic E-state index is 12.1. The number of cyclic esters (lactones) is 1. The fourth-order valence-corrected chi connectivity index (χ4v) is 2.50. The molecule has 0 saturated carbocycles. The van der Waals surface area contributed by atoms with Gasteiger partial charge in [0, 0.05) is 11.3 Å². The summed E-state index contributed by atoms with van der Waals surface area (Å²) in [5.41, 5.74) is 0.454. The van der Waals surface area contributed by atoms with Gasteiger partial charge in [-0.3, -0.25) is 10.1 Å². The molecule has 0 amide bonds. The first-order valence-electron chi connectivity index (χ1n) is 7.51. The maximum Gasteiger partial charge on any atom is 0.573 e. The van der Waals surface area contributed by atoms with E-state index >= 15 is 0 Å². The number of hydrogen-bond donors (Lipinski definition) is 1. The van der Waals surface area contributed by atoms with E-state index in [9.17, 15) is 28.1 Å². The van der Waals surface area contributed by atoms with Crippen LogP contribution >= 0.6 is 0 Å². The molecule has 0 bridgehead atoms. The van der Waals surface area contributed by atoms with Gasteiger partial charge in [0.05, 0.1) is 16.7 Å². The molecule has 0 fully saturated rings. The molecule has 1 atom stereocenters. The Hall–Kier alpha value is -3.56. The van der Waals surface area contributed by atoms with E-state index in [1.165, 1.54) is 18.2 Å². The summed E-state index contributed by atoms with van der Waals surface area (Å²) in [6.45, 7) is 0. The zero-order valence-electron chi connectivity index (χ0n) is 13.4. The lowest BCUT2D eigenvalue weighted by atomic mass is 10.0. The quantitative estimate of drug-likeness (QED) is 0.479. The highest BCUT2D eigenvalue weighted by atomic mass is 19.4. The molecule has 0 saturated heterocycles. The van der Waals surface area contributed by atoms with E-state index in [2.05, 4.69) is 10.1 Å². The summed E-state index contributed by atoms with van der Waals surface area (Å²) in [5, 5.41) is 14.0. The number of nitro groups is 1. The topological polar surface area (TPSA) is 90.7 Å². The van der Waals surface area contributed by atoms with Crippen LogP contribution in [0, 0.1) is 10.1 Å². The Kier molecular flexibility index (Phi) is 4.72.